The highest BCUT2D eigenvalue weighted by Gasteiger charge is 2.43. The van der Waals surface area contributed by atoms with Gasteiger partial charge in [0.05, 0.1) is 6.26 Å². The highest BCUT2D eigenvalue weighted by Crippen LogP contribution is 2.20. The number of hydrogen-bond donors (Lipinski definition) is 1. The number of carboxylic acid groups (broad SMARTS) is 1. The first-order valence-corrected chi connectivity index (χ1v) is 6.17. The van der Waals surface area contributed by atoms with Crippen LogP contribution in [0.25, 0.3) is 0 Å². The third-order valence-electron chi connectivity index (χ3n) is 3.24. The second-order valence-corrected chi connectivity index (χ2v) is 4.65. The smallest absolute Gasteiger partial charge is 0.471 e. The van der Waals surface area contributed by atoms with Crippen molar-refractivity contribution in [2.24, 2.45) is 0 Å². The molecule has 0 bridgehead atoms. The lowest BCUT2D eigenvalue weighted by molar-refractivity contribution is -0.187. The average molecular weight is 306 g/mol. The number of piperazine rings is 1. The van der Waals surface area contributed by atoms with Gasteiger partial charge in [-0.15, -0.1) is 0 Å². The maximum atomic E-state index is 12.3. The average Bonchev–Trinajstić information content (AvgIpc) is 2.86. The monoisotopic (exact) mass is 306 g/mol. The summed E-state index contributed by atoms with van der Waals surface area (Å²) in [6, 6.07) is 1.51. The molecule has 116 valence electrons. The van der Waals surface area contributed by atoms with Crippen LogP contribution in [0.1, 0.15) is 16.1 Å². The Balaban J connectivity index is 1.91. The van der Waals surface area contributed by atoms with Gasteiger partial charge in [0.15, 0.2) is 0 Å². The molecule has 1 aliphatic heterocycles. The summed E-state index contributed by atoms with van der Waals surface area (Å²) in [6.45, 7) is 0.654. The number of carbonyl (C=O) groups excluding carboxylic acids is 1. The fourth-order valence-electron chi connectivity index (χ4n) is 2.18. The number of alkyl halides is 3. The summed E-state index contributed by atoms with van der Waals surface area (Å²) >= 11 is 0. The van der Waals surface area contributed by atoms with E-state index in [2.05, 4.69) is 0 Å². The van der Waals surface area contributed by atoms with Gasteiger partial charge in [-0.1, -0.05) is 0 Å². The summed E-state index contributed by atoms with van der Waals surface area (Å²) in [7, 11) is 0. The zero-order valence-corrected chi connectivity index (χ0v) is 10.9. The van der Waals surface area contributed by atoms with Gasteiger partial charge in [0.25, 0.3) is 0 Å². The van der Waals surface area contributed by atoms with E-state index < -0.39 is 18.1 Å². The van der Waals surface area contributed by atoms with E-state index in [9.17, 15) is 22.8 Å². The van der Waals surface area contributed by atoms with E-state index in [4.69, 9.17) is 9.52 Å². The Hall–Kier alpha value is -2.03. The van der Waals surface area contributed by atoms with Crippen LogP contribution in [-0.2, 0) is 11.3 Å². The van der Waals surface area contributed by atoms with Gasteiger partial charge in [0.1, 0.15) is 0 Å². The van der Waals surface area contributed by atoms with Crippen molar-refractivity contribution in [1.29, 1.82) is 0 Å². The molecule has 1 amide bonds. The Morgan fingerprint density at radius 2 is 1.86 bits per heavy atom. The quantitative estimate of drug-likeness (QED) is 0.908. The van der Waals surface area contributed by atoms with Crippen LogP contribution in [-0.4, -0.2) is 59.1 Å². The minimum absolute atomic E-state index is 0.0431. The highest BCUT2D eigenvalue weighted by molar-refractivity contribution is 5.86. The van der Waals surface area contributed by atoms with Gasteiger partial charge in [-0.25, -0.2) is 4.79 Å². The van der Waals surface area contributed by atoms with Crippen molar-refractivity contribution in [2.45, 2.75) is 12.7 Å². The summed E-state index contributed by atoms with van der Waals surface area (Å²) in [4.78, 5) is 24.5. The maximum Gasteiger partial charge on any atom is 0.471 e. The molecule has 2 heterocycles. The van der Waals surface area contributed by atoms with Gasteiger partial charge in [-0.3, -0.25) is 9.69 Å². The molecule has 1 aliphatic rings. The summed E-state index contributed by atoms with van der Waals surface area (Å²) in [5.41, 5.74) is 0.457. The van der Waals surface area contributed by atoms with E-state index in [1.165, 1.54) is 12.3 Å². The fourth-order valence-corrected chi connectivity index (χ4v) is 2.18. The molecular formula is C12H13F3N2O4. The molecule has 0 spiro atoms. The molecule has 0 unspecified atom stereocenters. The molecule has 0 saturated carbocycles. The lowest BCUT2D eigenvalue weighted by Gasteiger charge is -2.34. The number of carbonyl (C=O) groups is 2. The minimum Gasteiger partial charge on any atom is -0.475 e. The molecule has 1 N–H and O–H groups in total. The van der Waals surface area contributed by atoms with Crippen molar-refractivity contribution in [3.05, 3.63) is 23.7 Å². The third-order valence-corrected chi connectivity index (χ3v) is 3.24. The van der Waals surface area contributed by atoms with Crippen LogP contribution < -0.4 is 0 Å². The number of aromatic carboxylic acids is 1. The van der Waals surface area contributed by atoms with Crippen molar-refractivity contribution in [2.75, 3.05) is 26.2 Å². The van der Waals surface area contributed by atoms with Crippen LogP contribution >= 0.6 is 0 Å². The maximum absolute atomic E-state index is 12.3. The number of amides is 1. The Morgan fingerprint density at radius 3 is 2.38 bits per heavy atom. The summed E-state index contributed by atoms with van der Waals surface area (Å²) in [5.74, 6) is -3.21. The molecule has 0 aromatic carbocycles. The second kappa shape index (κ2) is 5.76. The number of halogens is 3. The first-order chi connectivity index (χ1) is 9.79. The molecule has 0 atom stereocenters. The minimum atomic E-state index is -4.86. The Labute approximate surface area is 117 Å². The van der Waals surface area contributed by atoms with Crippen LogP contribution in [0.15, 0.2) is 16.7 Å². The molecule has 1 fully saturated rings. The molecule has 0 aliphatic carbocycles. The van der Waals surface area contributed by atoms with Crippen molar-refractivity contribution in [3.63, 3.8) is 0 Å². The predicted octanol–water partition coefficient (Wildman–Crippen LogP) is 1.18. The van der Waals surface area contributed by atoms with Crippen LogP contribution in [0, 0.1) is 0 Å². The molecule has 2 rings (SSSR count). The van der Waals surface area contributed by atoms with Gasteiger partial charge in [0, 0.05) is 38.3 Å². The molecule has 9 heteroatoms. The van der Waals surface area contributed by atoms with Gasteiger partial charge >= 0.3 is 18.1 Å². The van der Waals surface area contributed by atoms with Gasteiger partial charge in [-0.2, -0.15) is 13.2 Å². The largest absolute Gasteiger partial charge is 0.475 e. The van der Waals surface area contributed by atoms with Crippen molar-refractivity contribution in [1.82, 2.24) is 9.80 Å². The normalized spacial score (nSPS) is 17.0. The summed E-state index contributed by atoms with van der Waals surface area (Å²) < 4.78 is 41.7. The van der Waals surface area contributed by atoms with Crippen LogP contribution in [0.3, 0.4) is 0 Å². The fraction of sp³-hybridized carbons (Fsp3) is 0.500. The molecule has 6 nitrogen and oxygen atoms in total. The predicted molar refractivity (Wildman–Crippen MR) is 63.6 cm³/mol. The second-order valence-electron chi connectivity index (χ2n) is 4.65. The summed E-state index contributed by atoms with van der Waals surface area (Å²) in [6.07, 6.45) is -3.61. The molecule has 1 saturated heterocycles. The molecule has 0 radical (unpaired) electrons. The standard InChI is InChI=1S/C12H13F3N2O4/c13-12(14,15)11(20)17-4-2-16(3-5-17)7-8-1-6-21-9(8)10(18)19/h1,6H,2-5,7H2,(H,18,19). The first-order valence-electron chi connectivity index (χ1n) is 6.17. The topological polar surface area (TPSA) is 74.0 Å². The Bertz CT molecular complexity index is 533. The van der Waals surface area contributed by atoms with E-state index in [0.717, 1.165) is 4.90 Å². The Kier molecular flexibility index (Phi) is 4.21. The van der Waals surface area contributed by atoms with Crippen molar-refractivity contribution in [3.8, 4) is 0 Å². The van der Waals surface area contributed by atoms with E-state index in [-0.39, 0.29) is 38.5 Å². The number of nitrogens with zero attached hydrogens (tertiary/aromatic N) is 2. The summed E-state index contributed by atoms with van der Waals surface area (Å²) in [5, 5.41) is 8.90. The number of hydrogen-bond acceptors (Lipinski definition) is 4. The highest BCUT2D eigenvalue weighted by atomic mass is 19.4. The number of rotatable bonds is 3. The number of carboxylic acids is 1. The van der Waals surface area contributed by atoms with Crippen LogP contribution in [0.4, 0.5) is 13.2 Å². The SMILES string of the molecule is O=C(O)c1occc1CN1CCN(C(=O)C(F)(F)F)CC1. The molecule has 1 aromatic heterocycles. The lowest BCUT2D eigenvalue weighted by Crippen LogP contribution is -2.52. The number of furan rings is 1. The zero-order chi connectivity index (χ0) is 15.6. The van der Waals surface area contributed by atoms with Crippen LogP contribution in [0.2, 0.25) is 0 Å². The van der Waals surface area contributed by atoms with E-state index in [1.807, 2.05) is 0 Å². The van der Waals surface area contributed by atoms with E-state index in [1.54, 1.807) is 4.90 Å². The third kappa shape index (κ3) is 3.54. The molecule has 1 aromatic rings. The van der Waals surface area contributed by atoms with E-state index >= 15 is 0 Å². The Morgan fingerprint density at radius 1 is 1.24 bits per heavy atom. The van der Waals surface area contributed by atoms with Gasteiger partial charge < -0.3 is 14.4 Å². The van der Waals surface area contributed by atoms with Gasteiger partial charge in [-0.05, 0) is 6.07 Å². The molecular weight excluding hydrogens is 293 g/mol. The van der Waals surface area contributed by atoms with Crippen molar-refractivity contribution >= 4 is 11.9 Å². The van der Waals surface area contributed by atoms with Gasteiger partial charge in [0.2, 0.25) is 5.76 Å². The molecule has 21 heavy (non-hydrogen) atoms. The van der Waals surface area contributed by atoms with E-state index in [0.29, 0.717) is 5.56 Å². The van der Waals surface area contributed by atoms with Crippen molar-refractivity contribution < 1.29 is 32.3 Å². The zero-order valence-electron chi connectivity index (χ0n) is 10.9. The van der Waals surface area contributed by atoms with Crippen LogP contribution in [0.5, 0.6) is 0 Å². The lowest BCUT2D eigenvalue weighted by atomic mass is 10.2. The first kappa shape index (κ1) is 15.4.